The predicted octanol–water partition coefficient (Wildman–Crippen LogP) is 6.04. The first-order valence-electron chi connectivity index (χ1n) is 7.13. The zero-order chi connectivity index (χ0) is 12.1. The third-order valence-electron chi connectivity index (χ3n) is 2.97. The summed E-state index contributed by atoms with van der Waals surface area (Å²) in [7, 11) is 0. The van der Waals surface area contributed by atoms with Gasteiger partial charge in [-0.1, -0.05) is 57.3 Å². The molecule has 0 atom stereocenters. The maximum Gasteiger partial charge on any atom is -0.0320 e. The van der Waals surface area contributed by atoms with Crippen LogP contribution in [0.1, 0.15) is 78.1 Å². The summed E-state index contributed by atoms with van der Waals surface area (Å²) < 4.78 is 0. The van der Waals surface area contributed by atoms with Crippen LogP contribution in [0.5, 0.6) is 0 Å². The lowest BCUT2D eigenvalue weighted by atomic mass is 10.0. The molecule has 0 N–H and O–H groups in total. The van der Waals surface area contributed by atoms with Crippen LogP contribution in [0, 0.1) is 0 Å². The van der Waals surface area contributed by atoms with E-state index < -0.39 is 0 Å². The summed E-state index contributed by atoms with van der Waals surface area (Å²) in [6.07, 6.45) is 17.7. The molecule has 94 valence electrons. The second-order valence-corrected chi connectivity index (χ2v) is 4.64. The van der Waals surface area contributed by atoms with Gasteiger partial charge in [-0.25, -0.2) is 0 Å². The SMILES string of the molecule is C=CCCCCCC(=CCCCC)CCC. The number of allylic oxidation sites excluding steroid dienone is 3. The van der Waals surface area contributed by atoms with E-state index in [0.717, 1.165) is 0 Å². The van der Waals surface area contributed by atoms with Crippen LogP contribution in [-0.4, -0.2) is 0 Å². The normalized spacial score (nSPS) is 11.8. The molecule has 0 nitrogen and oxygen atoms in total. The smallest absolute Gasteiger partial charge is 0.0320 e. The number of unbranched alkanes of at least 4 members (excludes halogenated alkanes) is 5. The van der Waals surface area contributed by atoms with Crippen molar-refractivity contribution in [3.05, 3.63) is 24.3 Å². The zero-order valence-electron chi connectivity index (χ0n) is 11.4. The Morgan fingerprint density at radius 2 is 1.69 bits per heavy atom. The van der Waals surface area contributed by atoms with Gasteiger partial charge >= 0.3 is 0 Å². The highest BCUT2D eigenvalue weighted by atomic mass is 14.0. The monoisotopic (exact) mass is 222 g/mol. The van der Waals surface area contributed by atoms with Crippen molar-refractivity contribution in [2.75, 3.05) is 0 Å². The average molecular weight is 222 g/mol. The van der Waals surface area contributed by atoms with E-state index in [1.54, 1.807) is 5.57 Å². The molecule has 0 amide bonds. The minimum Gasteiger partial charge on any atom is -0.103 e. The fourth-order valence-corrected chi connectivity index (χ4v) is 1.98. The van der Waals surface area contributed by atoms with Gasteiger partial charge in [-0.2, -0.15) is 0 Å². The Morgan fingerprint density at radius 3 is 2.31 bits per heavy atom. The second kappa shape index (κ2) is 12.5. The molecule has 0 spiro atoms. The van der Waals surface area contributed by atoms with Gasteiger partial charge in [0.1, 0.15) is 0 Å². The van der Waals surface area contributed by atoms with Crippen molar-refractivity contribution in [1.29, 1.82) is 0 Å². The van der Waals surface area contributed by atoms with Crippen molar-refractivity contribution >= 4 is 0 Å². The Kier molecular flexibility index (Phi) is 12.1. The third kappa shape index (κ3) is 10.0. The zero-order valence-corrected chi connectivity index (χ0v) is 11.4. The van der Waals surface area contributed by atoms with Crippen LogP contribution in [0.25, 0.3) is 0 Å². The van der Waals surface area contributed by atoms with E-state index >= 15 is 0 Å². The first kappa shape index (κ1) is 15.5. The Labute approximate surface area is 103 Å². The van der Waals surface area contributed by atoms with Crippen molar-refractivity contribution in [1.82, 2.24) is 0 Å². The second-order valence-electron chi connectivity index (χ2n) is 4.64. The molecule has 0 radical (unpaired) electrons. The van der Waals surface area contributed by atoms with Gasteiger partial charge in [0.2, 0.25) is 0 Å². The van der Waals surface area contributed by atoms with Crippen molar-refractivity contribution in [3.8, 4) is 0 Å². The van der Waals surface area contributed by atoms with Crippen LogP contribution >= 0.6 is 0 Å². The molecular formula is C16H30. The van der Waals surface area contributed by atoms with E-state index in [1.807, 2.05) is 6.08 Å². The van der Waals surface area contributed by atoms with Gasteiger partial charge < -0.3 is 0 Å². The molecule has 0 heterocycles. The molecule has 0 bridgehead atoms. The molecule has 0 heteroatoms. The molecule has 16 heavy (non-hydrogen) atoms. The van der Waals surface area contributed by atoms with Gasteiger partial charge in [-0.15, -0.1) is 6.58 Å². The summed E-state index contributed by atoms with van der Waals surface area (Å²) >= 11 is 0. The fourth-order valence-electron chi connectivity index (χ4n) is 1.98. The summed E-state index contributed by atoms with van der Waals surface area (Å²) in [4.78, 5) is 0. The van der Waals surface area contributed by atoms with Crippen molar-refractivity contribution < 1.29 is 0 Å². The Hall–Kier alpha value is -0.520. The van der Waals surface area contributed by atoms with Gasteiger partial charge in [0.25, 0.3) is 0 Å². The molecule has 0 aliphatic carbocycles. The standard InChI is InChI=1S/C16H30/c1-4-7-9-10-12-15-16(13-6-3)14-11-8-5-2/h4,14H,1,5-13,15H2,2-3H3. The number of rotatable bonds is 11. The Balaban J connectivity index is 3.66. The maximum absolute atomic E-state index is 3.76. The third-order valence-corrected chi connectivity index (χ3v) is 2.97. The topological polar surface area (TPSA) is 0 Å². The van der Waals surface area contributed by atoms with Gasteiger partial charge in [-0.05, 0) is 38.5 Å². The van der Waals surface area contributed by atoms with E-state index in [0.29, 0.717) is 0 Å². The molecule has 0 aromatic carbocycles. The van der Waals surface area contributed by atoms with E-state index in [4.69, 9.17) is 0 Å². The molecule has 0 saturated carbocycles. The minimum absolute atomic E-state index is 1.18. The lowest BCUT2D eigenvalue weighted by molar-refractivity contribution is 0.664. The summed E-state index contributed by atoms with van der Waals surface area (Å²) in [6, 6.07) is 0. The molecule has 0 saturated heterocycles. The van der Waals surface area contributed by atoms with E-state index in [9.17, 15) is 0 Å². The van der Waals surface area contributed by atoms with Crippen LogP contribution in [0.3, 0.4) is 0 Å². The minimum atomic E-state index is 1.18. The van der Waals surface area contributed by atoms with Crippen molar-refractivity contribution in [2.24, 2.45) is 0 Å². The fraction of sp³-hybridized carbons (Fsp3) is 0.750. The predicted molar refractivity (Wildman–Crippen MR) is 75.8 cm³/mol. The number of hydrogen-bond donors (Lipinski definition) is 0. The lowest BCUT2D eigenvalue weighted by Crippen LogP contribution is -1.86. The Bertz CT molecular complexity index is 176. The van der Waals surface area contributed by atoms with Crippen molar-refractivity contribution in [2.45, 2.75) is 78.1 Å². The van der Waals surface area contributed by atoms with Gasteiger partial charge in [-0.3, -0.25) is 0 Å². The van der Waals surface area contributed by atoms with E-state index in [1.165, 1.54) is 64.2 Å². The van der Waals surface area contributed by atoms with Gasteiger partial charge in [0.15, 0.2) is 0 Å². The average Bonchev–Trinajstić information content (AvgIpc) is 2.29. The molecule has 0 rings (SSSR count). The lowest BCUT2D eigenvalue weighted by Gasteiger charge is -2.06. The van der Waals surface area contributed by atoms with Crippen LogP contribution in [0.15, 0.2) is 24.3 Å². The highest BCUT2D eigenvalue weighted by Crippen LogP contribution is 2.16. The molecule has 0 aromatic heterocycles. The quantitative estimate of drug-likeness (QED) is 0.295. The molecule has 0 aliphatic rings. The molecule has 0 aliphatic heterocycles. The largest absolute Gasteiger partial charge is 0.103 e. The van der Waals surface area contributed by atoms with Crippen LogP contribution in [0.2, 0.25) is 0 Å². The first-order valence-corrected chi connectivity index (χ1v) is 7.13. The molecule has 0 unspecified atom stereocenters. The van der Waals surface area contributed by atoms with Gasteiger partial charge in [0, 0.05) is 0 Å². The Morgan fingerprint density at radius 1 is 0.875 bits per heavy atom. The number of hydrogen-bond acceptors (Lipinski definition) is 0. The van der Waals surface area contributed by atoms with E-state index in [2.05, 4.69) is 26.5 Å². The van der Waals surface area contributed by atoms with Crippen LogP contribution < -0.4 is 0 Å². The molecular weight excluding hydrogens is 192 g/mol. The van der Waals surface area contributed by atoms with Crippen LogP contribution in [0.4, 0.5) is 0 Å². The highest BCUT2D eigenvalue weighted by molar-refractivity contribution is 5.01. The first-order chi connectivity index (χ1) is 7.85. The molecule has 0 aromatic rings. The summed E-state index contributed by atoms with van der Waals surface area (Å²) in [5.41, 5.74) is 1.70. The summed E-state index contributed by atoms with van der Waals surface area (Å²) in [6.45, 7) is 8.31. The van der Waals surface area contributed by atoms with Crippen molar-refractivity contribution in [3.63, 3.8) is 0 Å². The maximum atomic E-state index is 3.76. The highest BCUT2D eigenvalue weighted by Gasteiger charge is 1.96. The van der Waals surface area contributed by atoms with E-state index in [-0.39, 0.29) is 0 Å². The van der Waals surface area contributed by atoms with Gasteiger partial charge in [0.05, 0.1) is 0 Å². The summed E-state index contributed by atoms with van der Waals surface area (Å²) in [5, 5.41) is 0. The van der Waals surface area contributed by atoms with Crippen LogP contribution in [-0.2, 0) is 0 Å². The summed E-state index contributed by atoms with van der Waals surface area (Å²) in [5.74, 6) is 0. The molecule has 0 fully saturated rings.